The number of nitrogens with one attached hydrogen (secondary N) is 2. The molecule has 0 atom stereocenters. The predicted molar refractivity (Wildman–Crippen MR) is 56.6 cm³/mol. The molecule has 0 aliphatic heterocycles. The molecule has 0 radical (unpaired) electrons. The Labute approximate surface area is 112 Å². The Hall–Kier alpha value is -0.966. The molecule has 17 heavy (non-hydrogen) atoms. The molecule has 0 aliphatic rings. The number of unbranched alkanes of at least 4 members (excludes halogenated alkanes) is 2. The summed E-state index contributed by atoms with van der Waals surface area (Å²) in [4.78, 5) is 19.3. The van der Waals surface area contributed by atoms with Gasteiger partial charge in [0.1, 0.15) is 12.2 Å². The molecular weight excluding hydrogens is 271 g/mol. The Morgan fingerprint density at radius 1 is 0.882 bits per heavy atom. The van der Waals surface area contributed by atoms with Gasteiger partial charge in [-0.1, -0.05) is 26.7 Å². The molecule has 2 N–H and O–H groups in total. The van der Waals surface area contributed by atoms with Crippen LogP contribution in [0.4, 0.5) is 9.59 Å². The summed E-state index contributed by atoms with van der Waals surface area (Å²) in [6, 6.07) is 0. The third-order valence-corrected chi connectivity index (χ3v) is 1.60. The largest absolute Gasteiger partial charge is 2.00 e. The Bertz CT molecular complexity index is 171. The predicted octanol–water partition coefficient (Wildman–Crippen LogP) is -0.564. The molecule has 2 amide bonds. The van der Waals surface area contributed by atoms with Gasteiger partial charge >= 0.3 is 16.5 Å². The molecule has 0 saturated carbocycles. The van der Waals surface area contributed by atoms with E-state index >= 15 is 0 Å². The van der Waals surface area contributed by atoms with Gasteiger partial charge in [0.15, 0.2) is 0 Å². The van der Waals surface area contributed by atoms with Crippen molar-refractivity contribution in [2.24, 2.45) is 0 Å². The molecule has 0 unspecified atom stereocenters. The topological polar surface area (TPSA) is 104 Å². The van der Waals surface area contributed by atoms with Crippen LogP contribution >= 0.6 is 0 Å². The average molecular weight is 291 g/mol. The minimum absolute atomic E-state index is 0. The van der Waals surface area contributed by atoms with Crippen LogP contribution in [0.25, 0.3) is 0 Å². The Morgan fingerprint density at radius 3 is 1.35 bits per heavy atom. The molecule has 0 spiro atoms. The van der Waals surface area contributed by atoms with Gasteiger partial charge in [0.25, 0.3) is 0 Å². The van der Waals surface area contributed by atoms with Gasteiger partial charge in [0, 0.05) is 13.1 Å². The van der Waals surface area contributed by atoms with Crippen molar-refractivity contribution >= 4 is 12.2 Å². The maximum atomic E-state index is 9.65. The third-order valence-electron chi connectivity index (χ3n) is 1.60. The molecule has 0 bridgehead atoms. The van der Waals surface area contributed by atoms with E-state index in [1.807, 2.05) is 13.8 Å². The molecule has 0 rings (SSSR count). The number of amides is 2. The number of hydrogen-bond acceptors (Lipinski definition) is 4. The summed E-state index contributed by atoms with van der Waals surface area (Å²) in [5.74, 6) is 0. The van der Waals surface area contributed by atoms with Crippen molar-refractivity contribution in [1.29, 1.82) is 0 Å². The smallest absolute Gasteiger partial charge is 0.530 e. The van der Waals surface area contributed by atoms with Crippen molar-refractivity contribution < 1.29 is 36.3 Å². The number of hydrogen-bond donors (Lipinski definition) is 2. The molecular formula is C10H20N2NiO4. The normalized spacial score (nSPS) is 8.12. The Morgan fingerprint density at radius 2 is 1.18 bits per heavy atom. The molecule has 7 heteroatoms. The quantitative estimate of drug-likeness (QED) is 0.505. The molecule has 0 heterocycles. The van der Waals surface area contributed by atoms with Gasteiger partial charge in [-0.3, -0.25) is 0 Å². The van der Waals surface area contributed by atoms with E-state index in [1.54, 1.807) is 0 Å². The fourth-order valence-electron chi connectivity index (χ4n) is 0.734. The first-order chi connectivity index (χ1) is 7.54. The van der Waals surface area contributed by atoms with E-state index in [1.165, 1.54) is 0 Å². The van der Waals surface area contributed by atoms with Crippen LogP contribution in [0.3, 0.4) is 0 Å². The van der Waals surface area contributed by atoms with E-state index in [9.17, 15) is 19.8 Å². The monoisotopic (exact) mass is 290 g/mol. The van der Waals surface area contributed by atoms with Crippen molar-refractivity contribution in [3.05, 3.63) is 0 Å². The van der Waals surface area contributed by atoms with E-state index in [0.29, 0.717) is 13.1 Å². The minimum atomic E-state index is -1.18. The van der Waals surface area contributed by atoms with Crippen LogP contribution in [0, 0.1) is 0 Å². The first-order valence-corrected chi connectivity index (χ1v) is 5.44. The van der Waals surface area contributed by atoms with Gasteiger partial charge in [-0.2, -0.15) is 0 Å². The number of carboxylic acid groups (broad SMARTS) is 2. The second kappa shape index (κ2) is 17.4. The van der Waals surface area contributed by atoms with Crippen LogP contribution < -0.4 is 20.8 Å². The first-order valence-electron chi connectivity index (χ1n) is 5.44. The van der Waals surface area contributed by atoms with E-state index < -0.39 is 12.2 Å². The van der Waals surface area contributed by atoms with Crippen LogP contribution in [-0.4, -0.2) is 25.3 Å². The van der Waals surface area contributed by atoms with Crippen LogP contribution in [-0.2, 0) is 16.5 Å². The Balaban J connectivity index is -0.000000218. The molecule has 6 nitrogen and oxygen atoms in total. The van der Waals surface area contributed by atoms with Crippen LogP contribution in [0.15, 0.2) is 0 Å². The van der Waals surface area contributed by atoms with E-state index in [2.05, 4.69) is 10.6 Å². The van der Waals surface area contributed by atoms with Gasteiger partial charge in [-0.25, -0.2) is 0 Å². The summed E-state index contributed by atoms with van der Waals surface area (Å²) in [6.07, 6.45) is 1.40. The maximum absolute atomic E-state index is 9.65. The molecule has 0 aromatic carbocycles. The zero-order chi connectivity index (χ0) is 12.8. The molecule has 104 valence electrons. The van der Waals surface area contributed by atoms with Gasteiger partial charge in [0.05, 0.1) is 0 Å². The van der Waals surface area contributed by atoms with Gasteiger partial charge < -0.3 is 30.4 Å². The van der Waals surface area contributed by atoms with Crippen LogP contribution in [0.5, 0.6) is 0 Å². The third kappa shape index (κ3) is 31.3. The standard InChI is InChI=1S/2C5H11NO2.Ni/c2*1-2-3-4-6-5(7)8;/h2*6H,2-4H2,1H3,(H,7,8);/q;;+2/p-2. The van der Waals surface area contributed by atoms with Crippen molar-refractivity contribution in [1.82, 2.24) is 10.6 Å². The van der Waals surface area contributed by atoms with Crippen LogP contribution in [0.2, 0.25) is 0 Å². The molecule has 0 saturated heterocycles. The summed E-state index contributed by atoms with van der Waals surface area (Å²) < 4.78 is 0. The second-order valence-electron chi connectivity index (χ2n) is 3.14. The molecule has 0 aromatic heterocycles. The molecule has 0 aromatic rings. The summed E-state index contributed by atoms with van der Waals surface area (Å²) in [5.41, 5.74) is 0. The van der Waals surface area contributed by atoms with Gasteiger partial charge in [-0.05, 0) is 12.8 Å². The second-order valence-corrected chi connectivity index (χ2v) is 3.14. The first kappa shape index (κ1) is 21.3. The van der Waals surface area contributed by atoms with Crippen LogP contribution in [0.1, 0.15) is 39.5 Å². The summed E-state index contributed by atoms with van der Waals surface area (Å²) in [6.45, 7) is 5.02. The minimum Gasteiger partial charge on any atom is -0.530 e. The molecule has 0 fully saturated rings. The zero-order valence-electron chi connectivity index (χ0n) is 10.2. The van der Waals surface area contributed by atoms with Gasteiger partial charge in [0.2, 0.25) is 0 Å². The fraction of sp³-hybridized carbons (Fsp3) is 0.800. The maximum Gasteiger partial charge on any atom is 2.00 e. The van der Waals surface area contributed by atoms with Gasteiger partial charge in [-0.15, -0.1) is 0 Å². The zero-order valence-corrected chi connectivity index (χ0v) is 11.2. The van der Waals surface area contributed by atoms with Crippen molar-refractivity contribution in [3.8, 4) is 0 Å². The number of rotatable bonds is 6. The number of carbonyl (C=O) groups is 2. The van der Waals surface area contributed by atoms with E-state index in [0.717, 1.165) is 25.7 Å². The SMILES string of the molecule is CCCCNC(=O)[O-].CCCCNC(=O)[O-].[Ni+2]. The Kier molecular flexibility index (Phi) is 21.9. The van der Waals surface area contributed by atoms with Crippen molar-refractivity contribution in [2.45, 2.75) is 39.5 Å². The van der Waals surface area contributed by atoms with E-state index in [4.69, 9.17) is 0 Å². The average Bonchev–Trinajstić information content (AvgIpc) is 2.18. The fourth-order valence-corrected chi connectivity index (χ4v) is 0.734. The summed E-state index contributed by atoms with van der Waals surface area (Å²) in [5, 5.41) is 23.6. The van der Waals surface area contributed by atoms with E-state index in [-0.39, 0.29) is 16.5 Å². The van der Waals surface area contributed by atoms with Crippen molar-refractivity contribution in [2.75, 3.05) is 13.1 Å². The number of carbonyl (C=O) groups excluding carboxylic acids is 2. The summed E-state index contributed by atoms with van der Waals surface area (Å²) in [7, 11) is 0. The molecule has 0 aliphatic carbocycles. The summed E-state index contributed by atoms with van der Waals surface area (Å²) >= 11 is 0. The van der Waals surface area contributed by atoms with Crippen molar-refractivity contribution in [3.63, 3.8) is 0 Å².